The molecule has 2 aliphatic heterocycles. The lowest BCUT2D eigenvalue weighted by Crippen LogP contribution is -2.47. The van der Waals surface area contributed by atoms with Crippen LogP contribution < -0.4 is 5.32 Å². The molecule has 2 fully saturated rings. The van der Waals surface area contributed by atoms with Gasteiger partial charge >= 0.3 is 0 Å². The van der Waals surface area contributed by atoms with Crippen LogP contribution in [0.3, 0.4) is 0 Å². The molecule has 0 bridgehead atoms. The maximum atomic E-state index is 13.3. The number of methoxy groups -OCH3 is 1. The van der Waals surface area contributed by atoms with Crippen LogP contribution in [-0.2, 0) is 11.2 Å². The molecule has 5 rings (SSSR count). The fourth-order valence-electron chi connectivity index (χ4n) is 5.32. The number of carbonyl (C=O) groups excluding carboxylic acids is 2. The summed E-state index contributed by atoms with van der Waals surface area (Å²) in [6.07, 6.45) is 6.00. The van der Waals surface area contributed by atoms with Crippen LogP contribution >= 0.6 is 0 Å². The molecule has 1 saturated heterocycles. The Morgan fingerprint density at radius 2 is 1.82 bits per heavy atom. The molecule has 6 nitrogen and oxygen atoms in total. The minimum atomic E-state index is -0.0995. The number of carbonyl (C=O) groups is 2. The molecule has 1 unspecified atom stereocenters. The molecule has 1 atom stereocenters. The van der Waals surface area contributed by atoms with E-state index in [0.717, 1.165) is 60.8 Å². The van der Waals surface area contributed by atoms with Gasteiger partial charge in [0.15, 0.2) is 0 Å². The first kappa shape index (κ1) is 22.1. The van der Waals surface area contributed by atoms with Crippen molar-refractivity contribution in [2.75, 3.05) is 39.9 Å². The Kier molecular flexibility index (Phi) is 6.47. The van der Waals surface area contributed by atoms with Gasteiger partial charge in [0.2, 0.25) is 0 Å². The van der Waals surface area contributed by atoms with E-state index in [1.807, 2.05) is 36.4 Å². The Morgan fingerprint density at radius 3 is 2.55 bits per heavy atom. The number of hydrogen-bond donors (Lipinski definition) is 1. The van der Waals surface area contributed by atoms with Crippen LogP contribution in [0.15, 0.2) is 42.5 Å². The summed E-state index contributed by atoms with van der Waals surface area (Å²) < 4.78 is 4.97. The summed E-state index contributed by atoms with van der Waals surface area (Å²) in [5.74, 6) is 0.0869. The van der Waals surface area contributed by atoms with E-state index in [4.69, 9.17) is 4.74 Å². The molecule has 33 heavy (non-hydrogen) atoms. The van der Waals surface area contributed by atoms with E-state index in [1.165, 1.54) is 19.3 Å². The third-order valence-electron chi connectivity index (χ3n) is 7.52. The first-order valence-electron chi connectivity index (χ1n) is 12.2. The van der Waals surface area contributed by atoms with E-state index in [-0.39, 0.29) is 11.8 Å². The highest BCUT2D eigenvalue weighted by Gasteiger charge is 2.37. The van der Waals surface area contributed by atoms with Gasteiger partial charge < -0.3 is 15.0 Å². The lowest BCUT2D eigenvalue weighted by Gasteiger charge is -2.37. The second-order valence-electron chi connectivity index (χ2n) is 9.47. The average Bonchev–Trinajstić information content (AvgIpc) is 3.27. The maximum absolute atomic E-state index is 13.3. The fourth-order valence-corrected chi connectivity index (χ4v) is 5.32. The molecular formula is C27H33N3O3. The van der Waals surface area contributed by atoms with Gasteiger partial charge in [0.25, 0.3) is 11.8 Å². The molecule has 3 aliphatic rings. The molecule has 1 saturated carbocycles. The zero-order chi connectivity index (χ0) is 22.8. The zero-order valence-corrected chi connectivity index (χ0v) is 19.4. The lowest BCUT2D eigenvalue weighted by atomic mass is 9.92. The normalized spacial score (nSPS) is 21.1. The third-order valence-corrected chi connectivity index (χ3v) is 7.52. The quantitative estimate of drug-likeness (QED) is 0.662. The number of likely N-dealkylation sites (tertiary alicyclic amines) is 1. The number of rotatable bonds is 7. The molecule has 1 N–H and O–H groups in total. The van der Waals surface area contributed by atoms with Gasteiger partial charge in [0, 0.05) is 56.5 Å². The van der Waals surface area contributed by atoms with Gasteiger partial charge in [0.1, 0.15) is 0 Å². The Hall–Kier alpha value is -2.70. The van der Waals surface area contributed by atoms with E-state index in [0.29, 0.717) is 24.8 Å². The molecule has 0 spiro atoms. The Bertz CT molecular complexity index is 1020. The smallest absolute Gasteiger partial charge is 0.254 e. The third kappa shape index (κ3) is 4.55. The Labute approximate surface area is 195 Å². The van der Waals surface area contributed by atoms with E-state index < -0.39 is 0 Å². The van der Waals surface area contributed by atoms with Crippen molar-refractivity contribution in [2.24, 2.45) is 0 Å². The van der Waals surface area contributed by atoms with Crippen LogP contribution in [0.2, 0.25) is 0 Å². The van der Waals surface area contributed by atoms with Crippen LogP contribution in [0, 0.1) is 0 Å². The largest absolute Gasteiger partial charge is 0.383 e. The zero-order valence-electron chi connectivity index (χ0n) is 19.4. The van der Waals surface area contributed by atoms with Gasteiger partial charge in [-0.2, -0.15) is 0 Å². The van der Waals surface area contributed by atoms with E-state index >= 15 is 0 Å². The second kappa shape index (κ2) is 9.65. The van der Waals surface area contributed by atoms with Crippen molar-refractivity contribution in [3.8, 4) is 11.1 Å². The average molecular weight is 448 g/mol. The number of fused-ring (bicyclic) bond motifs is 1. The first-order valence-corrected chi connectivity index (χ1v) is 12.2. The van der Waals surface area contributed by atoms with Gasteiger partial charge in [-0.05, 0) is 60.6 Å². The number of benzene rings is 2. The van der Waals surface area contributed by atoms with Gasteiger partial charge in [-0.1, -0.05) is 30.7 Å². The molecule has 6 heteroatoms. The minimum absolute atomic E-state index is 0.0995. The minimum Gasteiger partial charge on any atom is -0.383 e. The van der Waals surface area contributed by atoms with Crippen molar-refractivity contribution in [1.29, 1.82) is 0 Å². The van der Waals surface area contributed by atoms with E-state index in [1.54, 1.807) is 7.11 Å². The summed E-state index contributed by atoms with van der Waals surface area (Å²) >= 11 is 0. The molecule has 174 valence electrons. The van der Waals surface area contributed by atoms with Gasteiger partial charge in [-0.3, -0.25) is 14.5 Å². The summed E-state index contributed by atoms with van der Waals surface area (Å²) in [5.41, 5.74) is 4.74. The highest BCUT2D eigenvalue weighted by molar-refractivity contribution is 5.98. The van der Waals surface area contributed by atoms with Gasteiger partial charge in [0.05, 0.1) is 6.61 Å². The van der Waals surface area contributed by atoms with Crippen LogP contribution in [-0.4, -0.2) is 73.6 Å². The van der Waals surface area contributed by atoms with E-state index in [9.17, 15) is 9.59 Å². The Balaban J connectivity index is 1.25. The molecule has 0 radical (unpaired) electrons. The van der Waals surface area contributed by atoms with Crippen molar-refractivity contribution in [3.63, 3.8) is 0 Å². The van der Waals surface area contributed by atoms with E-state index in [2.05, 4.69) is 21.2 Å². The molecule has 2 aromatic rings. The van der Waals surface area contributed by atoms with Crippen LogP contribution in [0.1, 0.15) is 52.0 Å². The summed E-state index contributed by atoms with van der Waals surface area (Å²) in [7, 11) is 1.61. The fraction of sp³-hybridized carbons (Fsp3) is 0.481. The highest BCUT2D eigenvalue weighted by Crippen LogP contribution is 2.32. The van der Waals surface area contributed by atoms with Crippen molar-refractivity contribution < 1.29 is 14.3 Å². The van der Waals surface area contributed by atoms with Crippen molar-refractivity contribution in [2.45, 2.75) is 44.2 Å². The summed E-state index contributed by atoms with van der Waals surface area (Å²) in [6.45, 7) is 3.96. The van der Waals surface area contributed by atoms with Gasteiger partial charge in [-0.25, -0.2) is 0 Å². The highest BCUT2D eigenvalue weighted by atomic mass is 16.5. The number of nitrogens with one attached hydrogen (secondary N) is 1. The SMILES string of the molecule is COCCNC(=O)c1ccc(-c2ccc3c(c2)CCN(C2CCN(C4CCC4)C2)C3=O)cc1. The molecule has 2 heterocycles. The molecular weight excluding hydrogens is 414 g/mol. The predicted molar refractivity (Wildman–Crippen MR) is 128 cm³/mol. The standard InChI is InChI=1S/C27H33N3O3/c1-33-16-13-28-26(31)20-7-5-19(6-8-20)21-9-10-25-22(17-21)11-15-30(27(25)32)24-12-14-29(18-24)23-3-2-4-23/h5-10,17,23-24H,2-4,11-16,18H2,1H3,(H,28,31). The van der Waals surface area contributed by atoms with Crippen LogP contribution in [0.25, 0.3) is 11.1 Å². The lowest BCUT2D eigenvalue weighted by molar-refractivity contribution is 0.0646. The number of amides is 2. The van der Waals surface area contributed by atoms with Crippen molar-refractivity contribution in [1.82, 2.24) is 15.1 Å². The van der Waals surface area contributed by atoms with Crippen LogP contribution in [0.5, 0.6) is 0 Å². The predicted octanol–water partition coefficient (Wildman–Crippen LogP) is 3.35. The number of ether oxygens (including phenoxy) is 1. The Morgan fingerprint density at radius 1 is 1.03 bits per heavy atom. The summed E-state index contributed by atoms with van der Waals surface area (Å²) in [5, 5.41) is 2.84. The topological polar surface area (TPSA) is 61.9 Å². The van der Waals surface area contributed by atoms with Crippen LogP contribution in [0.4, 0.5) is 0 Å². The van der Waals surface area contributed by atoms with Crippen molar-refractivity contribution >= 4 is 11.8 Å². The first-order chi connectivity index (χ1) is 16.1. The number of nitrogens with zero attached hydrogens (tertiary/aromatic N) is 2. The molecule has 2 aromatic carbocycles. The van der Waals surface area contributed by atoms with Gasteiger partial charge in [-0.15, -0.1) is 0 Å². The second-order valence-corrected chi connectivity index (χ2v) is 9.47. The molecule has 2 amide bonds. The number of hydrogen-bond acceptors (Lipinski definition) is 4. The summed E-state index contributed by atoms with van der Waals surface area (Å²) in [4.78, 5) is 30.2. The summed E-state index contributed by atoms with van der Waals surface area (Å²) in [6, 6.07) is 14.9. The molecule has 1 aliphatic carbocycles. The monoisotopic (exact) mass is 447 g/mol. The van der Waals surface area contributed by atoms with Crippen molar-refractivity contribution in [3.05, 3.63) is 59.2 Å². The maximum Gasteiger partial charge on any atom is 0.254 e. The molecule has 0 aromatic heterocycles.